The van der Waals surface area contributed by atoms with Gasteiger partial charge in [0.2, 0.25) is 17.7 Å². The summed E-state index contributed by atoms with van der Waals surface area (Å²) < 4.78 is 0. The van der Waals surface area contributed by atoms with E-state index in [0.29, 0.717) is 32.2 Å². The number of aromatic nitrogens is 1. The van der Waals surface area contributed by atoms with E-state index in [1.165, 1.54) is 0 Å². The van der Waals surface area contributed by atoms with Gasteiger partial charge in [0, 0.05) is 17.1 Å². The number of benzene rings is 1. The molecule has 2 aromatic rings. The zero-order chi connectivity index (χ0) is 29.8. The Morgan fingerprint density at radius 1 is 0.850 bits per heavy atom. The van der Waals surface area contributed by atoms with Crippen LogP contribution in [0.5, 0.6) is 0 Å². The molecule has 2 rings (SSSR count). The number of aliphatic carboxylic acids is 1. The number of carbonyl (C=O) groups is 4. The molecule has 4 unspecified atom stereocenters. The molecule has 1 heterocycles. The number of rotatable bonds is 17. The summed E-state index contributed by atoms with van der Waals surface area (Å²) in [6, 6.07) is 3.88. The number of unbranched alkanes of at least 4 members (excludes halogenated alkanes) is 1. The standard InChI is InChI=1S/C29H46N6O5/c1-17(2)13-24(34-26(36)21(31)15-19-16-32-22-10-6-5-9-20(19)22)28(38)35-25(14-18(3)4)27(37)33-23(29(39)40)11-7-8-12-30/h5-6,9-10,16-18,21,23-25,32H,7-8,11-15,30-31H2,1-4H3,(H,33,37)(H,34,36)(H,35,38)(H,39,40). The van der Waals surface area contributed by atoms with Crippen molar-refractivity contribution in [1.82, 2.24) is 20.9 Å². The molecule has 3 amide bonds. The van der Waals surface area contributed by atoms with Crippen LogP contribution in [0.4, 0.5) is 0 Å². The van der Waals surface area contributed by atoms with Crippen LogP contribution in [0.25, 0.3) is 10.9 Å². The molecule has 11 nitrogen and oxygen atoms in total. The first-order valence-electron chi connectivity index (χ1n) is 14.1. The largest absolute Gasteiger partial charge is 0.480 e. The van der Waals surface area contributed by atoms with Crippen LogP contribution >= 0.6 is 0 Å². The highest BCUT2D eigenvalue weighted by molar-refractivity contribution is 5.94. The zero-order valence-corrected chi connectivity index (χ0v) is 24.0. The molecule has 1 aromatic carbocycles. The van der Waals surface area contributed by atoms with Crippen molar-refractivity contribution in [3.63, 3.8) is 0 Å². The van der Waals surface area contributed by atoms with Crippen LogP contribution in [0.15, 0.2) is 30.5 Å². The highest BCUT2D eigenvalue weighted by atomic mass is 16.4. The zero-order valence-electron chi connectivity index (χ0n) is 24.0. The number of H-pyrrole nitrogens is 1. The monoisotopic (exact) mass is 558 g/mol. The Morgan fingerprint density at radius 3 is 1.95 bits per heavy atom. The van der Waals surface area contributed by atoms with E-state index in [9.17, 15) is 24.3 Å². The summed E-state index contributed by atoms with van der Waals surface area (Å²) in [4.78, 5) is 54.4. The Kier molecular flexibility index (Phi) is 13.1. The number of carboxylic acid groups (broad SMARTS) is 1. The fraction of sp³-hybridized carbons (Fsp3) is 0.586. The second-order valence-corrected chi connectivity index (χ2v) is 11.2. The van der Waals surface area contributed by atoms with Crippen LogP contribution in [0.1, 0.15) is 65.4 Å². The molecule has 0 saturated carbocycles. The van der Waals surface area contributed by atoms with Crippen molar-refractivity contribution in [3.05, 3.63) is 36.0 Å². The van der Waals surface area contributed by atoms with Gasteiger partial charge in [0.15, 0.2) is 0 Å². The topological polar surface area (TPSA) is 192 Å². The average molecular weight is 559 g/mol. The number of carbonyl (C=O) groups excluding carboxylic acids is 3. The van der Waals surface area contributed by atoms with Gasteiger partial charge in [-0.3, -0.25) is 14.4 Å². The fourth-order valence-electron chi connectivity index (χ4n) is 4.61. The Morgan fingerprint density at radius 2 is 1.40 bits per heavy atom. The maximum absolute atomic E-state index is 13.4. The van der Waals surface area contributed by atoms with Gasteiger partial charge in [-0.2, -0.15) is 0 Å². The highest BCUT2D eigenvalue weighted by Crippen LogP contribution is 2.19. The van der Waals surface area contributed by atoms with E-state index in [-0.39, 0.29) is 24.7 Å². The third-order valence-electron chi connectivity index (χ3n) is 6.69. The van der Waals surface area contributed by atoms with Gasteiger partial charge in [-0.15, -0.1) is 0 Å². The Hall–Kier alpha value is -3.44. The van der Waals surface area contributed by atoms with E-state index in [0.717, 1.165) is 16.5 Å². The second kappa shape index (κ2) is 16.0. The third-order valence-corrected chi connectivity index (χ3v) is 6.69. The average Bonchev–Trinajstić information content (AvgIpc) is 3.29. The number of fused-ring (bicyclic) bond motifs is 1. The van der Waals surface area contributed by atoms with Crippen molar-refractivity contribution in [3.8, 4) is 0 Å². The van der Waals surface area contributed by atoms with Crippen LogP contribution in [-0.2, 0) is 25.6 Å². The van der Waals surface area contributed by atoms with Crippen molar-refractivity contribution in [2.24, 2.45) is 23.3 Å². The van der Waals surface area contributed by atoms with Gasteiger partial charge in [-0.05, 0) is 68.5 Å². The number of para-hydroxylation sites is 1. The van der Waals surface area contributed by atoms with Gasteiger partial charge in [-0.1, -0.05) is 45.9 Å². The molecule has 0 aliphatic heterocycles. The predicted octanol–water partition coefficient (Wildman–Crippen LogP) is 1.80. The van der Waals surface area contributed by atoms with E-state index in [2.05, 4.69) is 20.9 Å². The predicted molar refractivity (Wildman–Crippen MR) is 155 cm³/mol. The lowest BCUT2D eigenvalue weighted by molar-refractivity contribution is -0.142. The molecule has 11 heteroatoms. The Bertz CT molecular complexity index is 1130. The number of nitrogens with two attached hydrogens (primary N) is 2. The number of nitrogens with one attached hydrogen (secondary N) is 4. The normalized spacial score (nSPS) is 14.5. The van der Waals surface area contributed by atoms with E-state index >= 15 is 0 Å². The SMILES string of the molecule is CC(C)CC(NC(=O)C(N)Cc1c[nH]c2ccccc12)C(=O)NC(CC(C)C)C(=O)NC(CCCCN)C(=O)O. The summed E-state index contributed by atoms with van der Waals surface area (Å²) in [5, 5.41) is 18.6. The maximum atomic E-state index is 13.4. The van der Waals surface area contributed by atoms with Gasteiger partial charge in [-0.25, -0.2) is 4.79 Å². The molecule has 4 atom stereocenters. The minimum atomic E-state index is -1.14. The smallest absolute Gasteiger partial charge is 0.326 e. The Labute approximate surface area is 236 Å². The first kappa shape index (κ1) is 32.8. The van der Waals surface area contributed by atoms with E-state index in [4.69, 9.17) is 11.5 Å². The van der Waals surface area contributed by atoms with Gasteiger partial charge in [0.05, 0.1) is 6.04 Å². The molecule has 0 aliphatic rings. The Balaban J connectivity index is 2.11. The molecule has 0 saturated heterocycles. The molecule has 0 radical (unpaired) electrons. The first-order valence-corrected chi connectivity index (χ1v) is 14.1. The summed E-state index contributed by atoms with van der Waals surface area (Å²) in [5.41, 5.74) is 13.6. The summed E-state index contributed by atoms with van der Waals surface area (Å²) >= 11 is 0. The van der Waals surface area contributed by atoms with Gasteiger partial charge in [0.25, 0.3) is 0 Å². The molecular formula is C29H46N6O5. The maximum Gasteiger partial charge on any atom is 0.326 e. The molecule has 0 spiro atoms. The van der Waals surface area contributed by atoms with E-state index in [1.807, 2.05) is 58.2 Å². The highest BCUT2D eigenvalue weighted by Gasteiger charge is 2.31. The molecule has 40 heavy (non-hydrogen) atoms. The third kappa shape index (κ3) is 10.3. The number of aromatic amines is 1. The van der Waals surface area contributed by atoms with Crippen molar-refractivity contribution in [2.45, 2.75) is 90.4 Å². The van der Waals surface area contributed by atoms with E-state index < -0.39 is 47.9 Å². The van der Waals surface area contributed by atoms with E-state index in [1.54, 1.807) is 0 Å². The van der Waals surface area contributed by atoms with Crippen molar-refractivity contribution >= 4 is 34.6 Å². The molecule has 1 aromatic heterocycles. The van der Waals surface area contributed by atoms with Crippen molar-refractivity contribution in [1.29, 1.82) is 0 Å². The van der Waals surface area contributed by atoms with Gasteiger partial charge >= 0.3 is 5.97 Å². The molecule has 9 N–H and O–H groups in total. The van der Waals surface area contributed by atoms with Gasteiger partial charge in [0.1, 0.15) is 18.1 Å². The molecule has 0 aliphatic carbocycles. The van der Waals surface area contributed by atoms with Crippen LogP contribution in [0, 0.1) is 11.8 Å². The first-order chi connectivity index (χ1) is 18.9. The number of hydrogen-bond acceptors (Lipinski definition) is 6. The van der Waals surface area contributed by atoms with Crippen LogP contribution in [0.2, 0.25) is 0 Å². The minimum absolute atomic E-state index is 0.0410. The fourth-order valence-corrected chi connectivity index (χ4v) is 4.61. The number of hydrogen-bond donors (Lipinski definition) is 7. The summed E-state index contributed by atoms with van der Waals surface area (Å²) in [7, 11) is 0. The number of carboxylic acids is 1. The number of amides is 3. The van der Waals surface area contributed by atoms with Crippen LogP contribution in [-0.4, -0.2) is 64.5 Å². The summed E-state index contributed by atoms with van der Waals surface area (Å²) in [5.74, 6) is -2.60. The molecule has 222 valence electrons. The van der Waals surface area contributed by atoms with Crippen molar-refractivity contribution < 1.29 is 24.3 Å². The minimum Gasteiger partial charge on any atom is -0.480 e. The lowest BCUT2D eigenvalue weighted by Gasteiger charge is -2.27. The molecule has 0 fully saturated rings. The lowest BCUT2D eigenvalue weighted by atomic mass is 9.99. The quantitative estimate of drug-likeness (QED) is 0.144. The van der Waals surface area contributed by atoms with Crippen LogP contribution in [0.3, 0.4) is 0 Å². The molecular weight excluding hydrogens is 512 g/mol. The summed E-state index contributed by atoms with van der Waals surface area (Å²) in [6.07, 6.45) is 4.18. The summed E-state index contributed by atoms with van der Waals surface area (Å²) in [6.45, 7) is 8.09. The molecule has 0 bridgehead atoms. The van der Waals surface area contributed by atoms with Crippen LogP contribution < -0.4 is 27.4 Å². The second-order valence-electron chi connectivity index (χ2n) is 11.2. The van der Waals surface area contributed by atoms with Crippen molar-refractivity contribution in [2.75, 3.05) is 6.54 Å². The van der Waals surface area contributed by atoms with Gasteiger partial charge < -0.3 is 37.5 Å². The lowest BCUT2D eigenvalue weighted by Crippen LogP contribution is -2.57.